The Kier molecular flexibility index (Phi) is 4.58. The standard InChI is InChI=1S/C15H20N2O2/c1-11(2)18-15-6-4-5-13(8-15)9-16-10-14-7-12(3)19-17-14/h4-8,11,16H,9-10H2,1-3H3. The molecule has 0 atom stereocenters. The number of hydrogen-bond donors (Lipinski definition) is 1. The summed E-state index contributed by atoms with van der Waals surface area (Å²) in [4.78, 5) is 0. The molecule has 102 valence electrons. The number of nitrogens with zero attached hydrogens (tertiary/aromatic N) is 1. The van der Waals surface area contributed by atoms with E-state index >= 15 is 0 Å². The number of aromatic nitrogens is 1. The molecule has 0 unspecified atom stereocenters. The van der Waals surface area contributed by atoms with Gasteiger partial charge in [0.05, 0.1) is 11.8 Å². The van der Waals surface area contributed by atoms with Crippen molar-refractivity contribution in [3.63, 3.8) is 0 Å². The van der Waals surface area contributed by atoms with Gasteiger partial charge >= 0.3 is 0 Å². The first-order valence-corrected chi connectivity index (χ1v) is 6.52. The summed E-state index contributed by atoms with van der Waals surface area (Å²) in [5.41, 5.74) is 2.12. The Morgan fingerprint density at radius 3 is 2.79 bits per heavy atom. The highest BCUT2D eigenvalue weighted by molar-refractivity contribution is 5.28. The van der Waals surface area contributed by atoms with Crippen molar-refractivity contribution in [1.82, 2.24) is 10.5 Å². The lowest BCUT2D eigenvalue weighted by Crippen LogP contribution is -2.13. The summed E-state index contributed by atoms with van der Waals surface area (Å²) in [6.45, 7) is 7.42. The lowest BCUT2D eigenvalue weighted by Gasteiger charge is -2.11. The molecule has 0 fully saturated rings. The number of nitrogens with one attached hydrogen (secondary N) is 1. The van der Waals surface area contributed by atoms with Crippen LogP contribution in [0.5, 0.6) is 5.75 Å². The zero-order valence-corrected chi connectivity index (χ0v) is 11.6. The van der Waals surface area contributed by atoms with E-state index in [4.69, 9.17) is 9.26 Å². The average molecular weight is 260 g/mol. The van der Waals surface area contributed by atoms with Gasteiger partial charge in [0.15, 0.2) is 0 Å². The monoisotopic (exact) mass is 260 g/mol. The van der Waals surface area contributed by atoms with Gasteiger partial charge in [-0.15, -0.1) is 0 Å². The van der Waals surface area contributed by atoms with E-state index in [9.17, 15) is 0 Å². The van der Waals surface area contributed by atoms with E-state index in [0.29, 0.717) is 6.54 Å². The van der Waals surface area contributed by atoms with E-state index in [2.05, 4.69) is 22.6 Å². The molecule has 2 aromatic rings. The van der Waals surface area contributed by atoms with Gasteiger partial charge in [-0.3, -0.25) is 0 Å². The first-order chi connectivity index (χ1) is 9.13. The number of hydrogen-bond acceptors (Lipinski definition) is 4. The van der Waals surface area contributed by atoms with Gasteiger partial charge < -0.3 is 14.6 Å². The first kappa shape index (κ1) is 13.6. The van der Waals surface area contributed by atoms with Crippen LogP contribution in [-0.4, -0.2) is 11.3 Å². The maximum Gasteiger partial charge on any atom is 0.133 e. The van der Waals surface area contributed by atoms with Crippen molar-refractivity contribution in [3.05, 3.63) is 47.3 Å². The van der Waals surface area contributed by atoms with E-state index in [0.717, 1.165) is 23.7 Å². The Bertz CT molecular complexity index is 520. The number of aryl methyl sites for hydroxylation is 1. The molecule has 19 heavy (non-hydrogen) atoms. The minimum Gasteiger partial charge on any atom is -0.491 e. The van der Waals surface area contributed by atoms with Gasteiger partial charge in [0.1, 0.15) is 11.5 Å². The molecule has 2 rings (SSSR count). The highest BCUT2D eigenvalue weighted by Crippen LogP contribution is 2.14. The molecule has 0 bridgehead atoms. The molecule has 1 N–H and O–H groups in total. The second kappa shape index (κ2) is 6.38. The molecule has 1 aromatic heterocycles. The summed E-state index contributed by atoms with van der Waals surface area (Å²) in [5.74, 6) is 1.75. The van der Waals surface area contributed by atoms with E-state index in [1.54, 1.807) is 0 Å². The summed E-state index contributed by atoms with van der Waals surface area (Å²) < 4.78 is 10.7. The summed E-state index contributed by atoms with van der Waals surface area (Å²) in [6.07, 6.45) is 0.196. The largest absolute Gasteiger partial charge is 0.491 e. The highest BCUT2D eigenvalue weighted by atomic mass is 16.5. The minimum absolute atomic E-state index is 0.196. The quantitative estimate of drug-likeness (QED) is 0.867. The smallest absolute Gasteiger partial charge is 0.133 e. The van der Waals surface area contributed by atoms with Gasteiger partial charge in [0.2, 0.25) is 0 Å². The summed E-state index contributed by atoms with van der Waals surface area (Å²) in [6, 6.07) is 10.1. The number of rotatable bonds is 6. The molecule has 1 aromatic carbocycles. The van der Waals surface area contributed by atoms with E-state index in [-0.39, 0.29) is 6.10 Å². The van der Waals surface area contributed by atoms with E-state index in [1.165, 1.54) is 5.56 Å². The molecule has 4 heteroatoms. The molecule has 0 amide bonds. The third-order valence-electron chi connectivity index (χ3n) is 2.58. The fourth-order valence-electron chi connectivity index (χ4n) is 1.84. The van der Waals surface area contributed by atoms with Crippen LogP contribution < -0.4 is 10.1 Å². The SMILES string of the molecule is Cc1cc(CNCc2cccc(OC(C)C)c2)no1. The molecule has 1 heterocycles. The second-order valence-electron chi connectivity index (χ2n) is 4.85. The van der Waals surface area contributed by atoms with Gasteiger partial charge in [0.25, 0.3) is 0 Å². The predicted octanol–water partition coefficient (Wildman–Crippen LogP) is 3.06. The van der Waals surface area contributed by atoms with Gasteiger partial charge in [0, 0.05) is 19.2 Å². The Morgan fingerprint density at radius 1 is 1.26 bits per heavy atom. The molecule has 0 aliphatic rings. The zero-order valence-electron chi connectivity index (χ0n) is 11.6. The molecule has 4 nitrogen and oxygen atoms in total. The van der Waals surface area contributed by atoms with Crippen LogP contribution in [0.25, 0.3) is 0 Å². The maximum atomic E-state index is 5.67. The van der Waals surface area contributed by atoms with Crippen LogP contribution in [0.1, 0.15) is 30.9 Å². The second-order valence-corrected chi connectivity index (χ2v) is 4.85. The fraction of sp³-hybridized carbons (Fsp3) is 0.400. The Balaban J connectivity index is 1.85. The molecule has 0 saturated carbocycles. The fourth-order valence-corrected chi connectivity index (χ4v) is 1.84. The summed E-state index contributed by atoms with van der Waals surface area (Å²) in [7, 11) is 0. The van der Waals surface area contributed by atoms with Crippen molar-refractivity contribution >= 4 is 0 Å². The van der Waals surface area contributed by atoms with Crippen molar-refractivity contribution in [3.8, 4) is 5.75 Å². The Morgan fingerprint density at radius 2 is 2.11 bits per heavy atom. The minimum atomic E-state index is 0.196. The molecular formula is C15H20N2O2. The number of ether oxygens (including phenoxy) is 1. The van der Waals surface area contributed by atoms with Gasteiger partial charge in [-0.2, -0.15) is 0 Å². The maximum absolute atomic E-state index is 5.67. The third kappa shape index (κ3) is 4.41. The van der Waals surface area contributed by atoms with E-state index < -0.39 is 0 Å². The van der Waals surface area contributed by atoms with Crippen LogP contribution in [0, 0.1) is 6.92 Å². The highest BCUT2D eigenvalue weighted by Gasteiger charge is 2.01. The summed E-state index contributed by atoms with van der Waals surface area (Å²) in [5, 5.41) is 7.28. The third-order valence-corrected chi connectivity index (χ3v) is 2.58. The van der Waals surface area contributed by atoms with Crippen molar-refractivity contribution in [2.24, 2.45) is 0 Å². The van der Waals surface area contributed by atoms with Gasteiger partial charge in [-0.05, 0) is 38.5 Å². The van der Waals surface area contributed by atoms with Gasteiger partial charge in [-0.25, -0.2) is 0 Å². The molecule has 0 saturated heterocycles. The zero-order chi connectivity index (χ0) is 13.7. The Hall–Kier alpha value is -1.81. The van der Waals surface area contributed by atoms with Crippen LogP contribution in [0.3, 0.4) is 0 Å². The normalized spacial score (nSPS) is 10.9. The van der Waals surface area contributed by atoms with Crippen LogP contribution >= 0.6 is 0 Å². The molecule has 0 spiro atoms. The van der Waals surface area contributed by atoms with Crippen molar-refractivity contribution in [2.75, 3.05) is 0 Å². The van der Waals surface area contributed by atoms with Crippen molar-refractivity contribution < 1.29 is 9.26 Å². The van der Waals surface area contributed by atoms with Crippen molar-refractivity contribution in [1.29, 1.82) is 0 Å². The van der Waals surface area contributed by atoms with Crippen LogP contribution in [0.2, 0.25) is 0 Å². The molecule has 0 radical (unpaired) electrons. The van der Waals surface area contributed by atoms with Crippen molar-refractivity contribution in [2.45, 2.75) is 40.0 Å². The topological polar surface area (TPSA) is 47.3 Å². The molecular weight excluding hydrogens is 240 g/mol. The molecule has 0 aliphatic heterocycles. The Labute approximate surface area is 113 Å². The van der Waals surface area contributed by atoms with Crippen LogP contribution in [-0.2, 0) is 13.1 Å². The molecule has 0 aliphatic carbocycles. The first-order valence-electron chi connectivity index (χ1n) is 6.52. The summed E-state index contributed by atoms with van der Waals surface area (Å²) >= 11 is 0. The van der Waals surface area contributed by atoms with E-state index in [1.807, 2.05) is 39.0 Å². The average Bonchev–Trinajstić information content (AvgIpc) is 2.75. The lowest BCUT2D eigenvalue weighted by atomic mass is 10.2. The van der Waals surface area contributed by atoms with Crippen LogP contribution in [0.15, 0.2) is 34.9 Å². The lowest BCUT2D eigenvalue weighted by molar-refractivity contribution is 0.242. The van der Waals surface area contributed by atoms with Gasteiger partial charge in [-0.1, -0.05) is 17.3 Å². The number of benzene rings is 1. The van der Waals surface area contributed by atoms with Crippen LogP contribution in [0.4, 0.5) is 0 Å². The predicted molar refractivity (Wildman–Crippen MR) is 74.0 cm³/mol.